The van der Waals surface area contributed by atoms with Gasteiger partial charge in [-0.25, -0.2) is 0 Å². The number of aromatic nitrogens is 3. The zero-order chi connectivity index (χ0) is 9.26. The van der Waals surface area contributed by atoms with E-state index in [2.05, 4.69) is 10.2 Å². The first kappa shape index (κ1) is 8.07. The molecule has 0 amide bonds. The van der Waals surface area contributed by atoms with E-state index >= 15 is 0 Å². The van der Waals surface area contributed by atoms with E-state index in [0.717, 1.165) is 5.69 Å². The molecule has 2 rings (SSSR count). The molecule has 1 heterocycles. The molecule has 0 unspecified atom stereocenters. The highest BCUT2D eigenvalue weighted by atomic mass is 35.5. The maximum atomic E-state index is 5.96. The minimum atomic E-state index is 0.619. The summed E-state index contributed by atoms with van der Waals surface area (Å²) in [7, 11) is 0. The van der Waals surface area contributed by atoms with Crippen LogP contribution in [0.15, 0.2) is 30.9 Å². The zero-order valence-corrected chi connectivity index (χ0v) is 7.44. The van der Waals surface area contributed by atoms with Crippen molar-refractivity contribution in [1.29, 1.82) is 0 Å². The number of nitrogens with two attached hydrogens (primary N) is 1. The number of nitrogens with zero attached hydrogens (tertiary/aromatic N) is 3. The number of hydrogen-bond acceptors (Lipinski definition) is 3. The summed E-state index contributed by atoms with van der Waals surface area (Å²) in [5.41, 5.74) is 7.07. The molecule has 0 saturated carbocycles. The number of rotatable bonds is 1. The first-order valence-electron chi connectivity index (χ1n) is 3.67. The number of nitrogen functional groups attached to an aromatic ring is 1. The van der Waals surface area contributed by atoms with Crippen molar-refractivity contribution in [3.8, 4) is 5.69 Å². The van der Waals surface area contributed by atoms with Gasteiger partial charge in [0.1, 0.15) is 12.7 Å². The van der Waals surface area contributed by atoms with Gasteiger partial charge in [-0.2, -0.15) is 0 Å². The summed E-state index contributed by atoms with van der Waals surface area (Å²) in [4.78, 5) is 0. The number of anilines is 1. The van der Waals surface area contributed by atoms with E-state index in [1.165, 1.54) is 0 Å². The van der Waals surface area contributed by atoms with Gasteiger partial charge in [0.15, 0.2) is 0 Å². The molecule has 0 atom stereocenters. The topological polar surface area (TPSA) is 56.7 Å². The van der Waals surface area contributed by atoms with Gasteiger partial charge in [-0.05, 0) is 18.2 Å². The lowest BCUT2D eigenvalue weighted by atomic mass is 10.3. The van der Waals surface area contributed by atoms with E-state index in [4.69, 9.17) is 17.3 Å². The van der Waals surface area contributed by atoms with Crippen LogP contribution in [-0.2, 0) is 0 Å². The van der Waals surface area contributed by atoms with Gasteiger partial charge in [0.2, 0.25) is 0 Å². The van der Waals surface area contributed by atoms with Gasteiger partial charge in [0, 0.05) is 5.69 Å². The van der Waals surface area contributed by atoms with Crippen molar-refractivity contribution in [3.63, 3.8) is 0 Å². The van der Waals surface area contributed by atoms with Crippen LogP contribution in [0.5, 0.6) is 0 Å². The summed E-state index contributed by atoms with van der Waals surface area (Å²) in [6, 6.07) is 5.26. The Morgan fingerprint density at radius 1 is 1.23 bits per heavy atom. The van der Waals surface area contributed by atoms with E-state index in [9.17, 15) is 0 Å². The standard InChI is InChI=1S/C8H7ClN4/c9-7-2-1-6(10)3-8(7)13-4-11-12-5-13/h1-5H,10H2. The molecule has 0 aliphatic carbocycles. The summed E-state index contributed by atoms with van der Waals surface area (Å²) in [5.74, 6) is 0. The highest BCUT2D eigenvalue weighted by Crippen LogP contribution is 2.21. The number of halogens is 1. The molecular weight excluding hydrogens is 188 g/mol. The van der Waals surface area contributed by atoms with Crippen LogP contribution >= 0.6 is 11.6 Å². The van der Waals surface area contributed by atoms with Gasteiger partial charge >= 0.3 is 0 Å². The lowest BCUT2D eigenvalue weighted by molar-refractivity contribution is 1.06. The van der Waals surface area contributed by atoms with Gasteiger partial charge in [-0.15, -0.1) is 10.2 Å². The summed E-state index contributed by atoms with van der Waals surface area (Å²) in [6.45, 7) is 0. The van der Waals surface area contributed by atoms with Crippen molar-refractivity contribution in [2.45, 2.75) is 0 Å². The van der Waals surface area contributed by atoms with Gasteiger partial charge in [0.05, 0.1) is 10.7 Å². The van der Waals surface area contributed by atoms with E-state index in [1.807, 2.05) is 0 Å². The van der Waals surface area contributed by atoms with E-state index in [1.54, 1.807) is 35.4 Å². The molecule has 0 bridgehead atoms. The molecule has 4 nitrogen and oxygen atoms in total. The molecule has 2 N–H and O–H groups in total. The van der Waals surface area contributed by atoms with Crippen molar-refractivity contribution in [3.05, 3.63) is 35.9 Å². The molecule has 0 radical (unpaired) electrons. The fourth-order valence-electron chi connectivity index (χ4n) is 1.05. The van der Waals surface area contributed by atoms with Crippen LogP contribution in [0.25, 0.3) is 5.69 Å². The van der Waals surface area contributed by atoms with Crippen LogP contribution in [0.3, 0.4) is 0 Å². The Morgan fingerprint density at radius 2 is 1.92 bits per heavy atom. The fraction of sp³-hybridized carbons (Fsp3) is 0. The summed E-state index contributed by atoms with van der Waals surface area (Å²) in [5, 5.41) is 7.99. The second-order valence-corrected chi connectivity index (χ2v) is 2.99. The lowest BCUT2D eigenvalue weighted by Gasteiger charge is -2.04. The first-order chi connectivity index (χ1) is 6.27. The Hall–Kier alpha value is -1.55. The third-order valence-electron chi connectivity index (χ3n) is 1.67. The smallest absolute Gasteiger partial charge is 0.123 e. The maximum absolute atomic E-state index is 5.96. The Morgan fingerprint density at radius 3 is 2.62 bits per heavy atom. The van der Waals surface area contributed by atoms with Gasteiger partial charge in [-0.1, -0.05) is 11.6 Å². The molecule has 0 aliphatic rings. The second-order valence-electron chi connectivity index (χ2n) is 2.58. The number of benzene rings is 1. The van der Waals surface area contributed by atoms with Gasteiger partial charge in [0.25, 0.3) is 0 Å². The van der Waals surface area contributed by atoms with Crippen LogP contribution in [0.4, 0.5) is 5.69 Å². The molecule has 5 heteroatoms. The lowest BCUT2D eigenvalue weighted by Crippen LogP contribution is -1.93. The minimum Gasteiger partial charge on any atom is -0.399 e. The summed E-state index contributed by atoms with van der Waals surface area (Å²) < 4.78 is 1.71. The van der Waals surface area contributed by atoms with Crippen molar-refractivity contribution < 1.29 is 0 Å². The van der Waals surface area contributed by atoms with E-state index in [-0.39, 0.29) is 0 Å². The van der Waals surface area contributed by atoms with Crippen LogP contribution in [0.1, 0.15) is 0 Å². The minimum absolute atomic E-state index is 0.619. The van der Waals surface area contributed by atoms with Crippen LogP contribution in [-0.4, -0.2) is 14.8 Å². The highest BCUT2D eigenvalue weighted by molar-refractivity contribution is 6.32. The van der Waals surface area contributed by atoms with Crippen molar-refractivity contribution >= 4 is 17.3 Å². The molecule has 13 heavy (non-hydrogen) atoms. The molecule has 0 spiro atoms. The highest BCUT2D eigenvalue weighted by Gasteiger charge is 2.02. The molecule has 2 aromatic rings. The van der Waals surface area contributed by atoms with Gasteiger partial charge in [-0.3, -0.25) is 4.57 Å². The first-order valence-corrected chi connectivity index (χ1v) is 4.05. The predicted molar refractivity (Wildman–Crippen MR) is 50.8 cm³/mol. The molecule has 1 aromatic heterocycles. The normalized spacial score (nSPS) is 10.2. The SMILES string of the molecule is Nc1ccc(Cl)c(-n2cnnc2)c1. The summed E-state index contributed by atoms with van der Waals surface area (Å²) >= 11 is 5.96. The Balaban J connectivity index is 2.57. The quantitative estimate of drug-likeness (QED) is 0.700. The molecule has 1 aromatic carbocycles. The van der Waals surface area contributed by atoms with Crippen molar-refractivity contribution in [2.24, 2.45) is 0 Å². The molecule has 66 valence electrons. The third kappa shape index (κ3) is 1.48. The van der Waals surface area contributed by atoms with Crippen LogP contribution in [0.2, 0.25) is 5.02 Å². The third-order valence-corrected chi connectivity index (χ3v) is 1.99. The molecule has 0 saturated heterocycles. The fourth-order valence-corrected chi connectivity index (χ4v) is 1.27. The Bertz CT molecular complexity index is 410. The molecular formula is C8H7ClN4. The number of hydrogen-bond donors (Lipinski definition) is 1. The van der Waals surface area contributed by atoms with Crippen molar-refractivity contribution in [1.82, 2.24) is 14.8 Å². The molecule has 0 aliphatic heterocycles. The average molecular weight is 195 g/mol. The maximum Gasteiger partial charge on any atom is 0.123 e. The second kappa shape index (κ2) is 3.06. The van der Waals surface area contributed by atoms with Crippen LogP contribution < -0.4 is 5.73 Å². The Kier molecular flexibility index (Phi) is 1.90. The van der Waals surface area contributed by atoms with Gasteiger partial charge < -0.3 is 5.73 Å². The Labute approximate surface area is 80.0 Å². The largest absolute Gasteiger partial charge is 0.399 e. The van der Waals surface area contributed by atoms with Crippen molar-refractivity contribution in [2.75, 3.05) is 5.73 Å². The zero-order valence-electron chi connectivity index (χ0n) is 6.68. The molecule has 0 fully saturated rings. The van der Waals surface area contributed by atoms with E-state index in [0.29, 0.717) is 10.7 Å². The predicted octanol–water partition coefficient (Wildman–Crippen LogP) is 1.50. The average Bonchev–Trinajstić information content (AvgIpc) is 2.61. The summed E-state index contributed by atoms with van der Waals surface area (Å²) in [6.07, 6.45) is 3.14. The van der Waals surface area contributed by atoms with E-state index < -0.39 is 0 Å². The van der Waals surface area contributed by atoms with Crippen LogP contribution in [0, 0.1) is 0 Å². The monoisotopic (exact) mass is 194 g/mol.